The van der Waals surface area contributed by atoms with Crippen LogP contribution in [-0.2, 0) is 0 Å². The van der Waals surface area contributed by atoms with Gasteiger partial charge in [-0.2, -0.15) is 0 Å². The van der Waals surface area contributed by atoms with Crippen molar-refractivity contribution in [2.45, 2.75) is 5.92 Å². The van der Waals surface area contributed by atoms with Gasteiger partial charge < -0.3 is 14.7 Å². The summed E-state index contributed by atoms with van der Waals surface area (Å²) >= 11 is 6.09. The Morgan fingerprint density at radius 3 is 2.84 bits per heavy atom. The Hall–Kier alpha value is -1.61. The third kappa shape index (κ3) is 1.80. The first-order chi connectivity index (χ1) is 9.15. The number of nitrogens with zero attached hydrogens (tertiary/aromatic N) is 1. The predicted molar refractivity (Wildman–Crippen MR) is 78.9 cm³/mol. The molecule has 0 spiro atoms. The van der Waals surface area contributed by atoms with Crippen molar-refractivity contribution >= 4 is 28.1 Å². The molecule has 100 valence electrons. The smallest absolute Gasteiger partial charge is 0.125 e. The van der Waals surface area contributed by atoms with Gasteiger partial charge in [0.2, 0.25) is 0 Å². The summed E-state index contributed by atoms with van der Waals surface area (Å²) in [5, 5.41) is 12.1. The van der Waals surface area contributed by atoms with Crippen LogP contribution in [0.25, 0.3) is 10.8 Å². The van der Waals surface area contributed by atoms with Crippen molar-refractivity contribution in [3.05, 3.63) is 29.8 Å². The van der Waals surface area contributed by atoms with Gasteiger partial charge in [-0.25, -0.2) is 0 Å². The highest BCUT2D eigenvalue weighted by atomic mass is 35.5. The second kappa shape index (κ2) is 4.49. The van der Waals surface area contributed by atoms with E-state index in [0.29, 0.717) is 11.6 Å². The molecule has 0 saturated heterocycles. The summed E-state index contributed by atoms with van der Waals surface area (Å²) in [6.07, 6.45) is 0. The van der Waals surface area contributed by atoms with Gasteiger partial charge in [-0.15, -0.1) is 11.6 Å². The van der Waals surface area contributed by atoms with Gasteiger partial charge in [-0.05, 0) is 29.1 Å². The standard InChI is InChI=1S/C15H16ClNO2/c1-17-8-9(7-16)15-12-5-10(19-2)3-4-11(12)14(18)6-13(15)17/h3-6,9,18H,7-8H2,1-2H3/t9-/m1/s1. The fourth-order valence-electron chi connectivity index (χ4n) is 2.91. The van der Waals surface area contributed by atoms with Gasteiger partial charge in [0.25, 0.3) is 0 Å². The number of phenolic OH excluding ortho intramolecular Hbond substituents is 1. The maximum absolute atomic E-state index is 10.2. The van der Waals surface area contributed by atoms with Crippen LogP contribution in [-0.4, -0.2) is 31.7 Å². The summed E-state index contributed by atoms with van der Waals surface area (Å²) in [6, 6.07) is 7.57. The van der Waals surface area contributed by atoms with Gasteiger partial charge in [-0.1, -0.05) is 0 Å². The molecule has 19 heavy (non-hydrogen) atoms. The molecule has 1 atom stereocenters. The normalized spacial score (nSPS) is 17.8. The van der Waals surface area contributed by atoms with E-state index in [4.69, 9.17) is 16.3 Å². The molecule has 0 aromatic heterocycles. The second-order valence-corrected chi connectivity index (χ2v) is 5.28. The number of hydrogen-bond acceptors (Lipinski definition) is 3. The van der Waals surface area contributed by atoms with Crippen LogP contribution in [0.5, 0.6) is 11.5 Å². The summed E-state index contributed by atoms with van der Waals surface area (Å²) in [5.41, 5.74) is 2.27. The van der Waals surface area contributed by atoms with Crippen molar-refractivity contribution in [2.24, 2.45) is 0 Å². The number of likely N-dealkylation sites (N-methyl/N-ethyl adjacent to an activating group) is 1. The molecule has 0 fully saturated rings. The molecule has 0 saturated carbocycles. The van der Waals surface area contributed by atoms with E-state index in [1.54, 1.807) is 7.11 Å². The van der Waals surface area contributed by atoms with Crippen LogP contribution < -0.4 is 9.64 Å². The molecule has 1 aliphatic rings. The number of halogens is 1. The molecule has 2 aromatic rings. The Bertz CT molecular complexity index is 642. The second-order valence-electron chi connectivity index (χ2n) is 4.97. The molecule has 2 aromatic carbocycles. The largest absolute Gasteiger partial charge is 0.507 e. The van der Waals surface area contributed by atoms with E-state index in [-0.39, 0.29) is 5.92 Å². The van der Waals surface area contributed by atoms with Crippen LogP contribution in [0.15, 0.2) is 24.3 Å². The number of alkyl halides is 1. The van der Waals surface area contributed by atoms with Crippen LogP contribution in [0.3, 0.4) is 0 Å². The van der Waals surface area contributed by atoms with Crippen LogP contribution in [0.4, 0.5) is 5.69 Å². The van der Waals surface area contributed by atoms with E-state index < -0.39 is 0 Å². The number of hydrogen-bond donors (Lipinski definition) is 1. The first-order valence-electron chi connectivity index (χ1n) is 6.26. The number of anilines is 1. The molecule has 0 amide bonds. The molecule has 3 nitrogen and oxygen atoms in total. The molecule has 1 heterocycles. The lowest BCUT2D eigenvalue weighted by atomic mass is 9.95. The van der Waals surface area contributed by atoms with Gasteiger partial charge in [0.1, 0.15) is 11.5 Å². The Balaban J connectivity index is 2.35. The van der Waals surface area contributed by atoms with E-state index in [9.17, 15) is 5.11 Å². The zero-order chi connectivity index (χ0) is 13.6. The maximum Gasteiger partial charge on any atom is 0.125 e. The van der Waals surface area contributed by atoms with Crippen LogP contribution in [0.1, 0.15) is 11.5 Å². The fourth-order valence-corrected chi connectivity index (χ4v) is 3.16. The molecule has 4 heteroatoms. The first kappa shape index (κ1) is 12.4. The van der Waals surface area contributed by atoms with Crippen molar-refractivity contribution in [1.82, 2.24) is 0 Å². The average Bonchev–Trinajstić information content (AvgIpc) is 2.75. The SMILES string of the molecule is COc1ccc2c(O)cc3c(c2c1)[C@H](CCl)CN3C. The van der Waals surface area contributed by atoms with Crippen molar-refractivity contribution in [1.29, 1.82) is 0 Å². The first-order valence-corrected chi connectivity index (χ1v) is 6.80. The average molecular weight is 278 g/mol. The number of methoxy groups -OCH3 is 1. The Morgan fingerprint density at radius 1 is 1.37 bits per heavy atom. The van der Waals surface area contributed by atoms with E-state index >= 15 is 0 Å². The third-order valence-corrected chi connectivity index (χ3v) is 4.21. The highest BCUT2D eigenvalue weighted by Crippen LogP contribution is 2.45. The molecule has 0 radical (unpaired) electrons. The zero-order valence-electron chi connectivity index (χ0n) is 11.0. The molecule has 3 rings (SSSR count). The maximum atomic E-state index is 10.2. The van der Waals surface area contributed by atoms with Gasteiger partial charge in [0, 0.05) is 42.5 Å². The number of phenols is 1. The van der Waals surface area contributed by atoms with Crippen molar-refractivity contribution in [2.75, 3.05) is 31.5 Å². The monoisotopic (exact) mass is 277 g/mol. The van der Waals surface area contributed by atoms with E-state index in [1.165, 1.54) is 5.56 Å². The zero-order valence-corrected chi connectivity index (χ0v) is 11.7. The Kier molecular flexibility index (Phi) is 2.94. The number of fused-ring (bicyclic) bond motifs is 3. The molecule has 0 unspecified atom stereocenters. The summed E-state index contributed by atoms with van der Waals surface area (Å²) in [7, 11) is 3.67. The minimum absolute atomic E-state index is 0.289. The molecular formula is C15H16ClNO2. The summed E-state index contributed by atoms with van der Waals surface area (Å²) in [4.78, 5) is 2.14. The molecule has 1 N–H and O–H groups in total. The van der Waals surface area contributed by atoms with Gasteiger partial charge in [0.15, 0.2) is 0 Å². The van der Waals surface area contributed by atoms with Gasteiger partial charge in [0.05, 0.1) is 7.11 Å². The van der Waals surface area contributed by atoms with Gasteiger partial charge >= 0.3 is 0 Å². The summed E-state index contributed by atoms with van der Waals surface area (Å²) < 4.78 is 5.29. The number of ether oxygens (including phenoxy) is 1. The van der Waals surface area contributed by atoms with Crippen LogP contribution in [0.2, 0.25) is 0 Å². The quantitative estimate of drug-likeness (QED) is 0.855. The van der Waals surface area contributed by atoms with E-state index in [2.05, 4.69) is 4.90 Å². The van der Waals surface area contributed by atoms with Crippen molar-refractivity contribution < 1.29 is 9.84 Å². The lowest BCUT2D eigenvalue weighted by Crippen LogP contribution is -2.15. The van der Waals surface area contributed by atoms with Crippen molar-refractivity contribution in [3.63, 3.8) is 0 Å². The summed E-state index contributed by atoms with van der Waals surface area (Å²) in [5.74, 6) is 1.97. The highest BCUT2D eigenvalue weighted by Gasteiger charge is 2.29. The number of benzene rings is 2. The third-order valence-electron chi connectivity index (χ3n) is 3.84. The van der Waals surface area contributed by atoms with Crippen LogP contribution in [0, 0.1) is 0 Å². The molecular weight excluding hydrogens is 262 g/mol. The van der Waals surface area contributed by atoms with Gasteiger partial charge in [-0.3, -0.25) is 0 Å². The number of rotatable bonds is 2. The van der Waals surface area contributed by atoms with Crippen LogP contribution >= 0.6 is 11.6 Å². The Morgan fingerprint density at radius 2 is 2.16 bits per heavy atom. The Labute approximate surface area is 117 Å². The predicted octanol–water partition coefficient (Wildman–Crippen LogP) is 3.33. The number of aromatic hydroxyl groups is 1. The van der Waals surface area contributed by atoms with E-state index in [1.807, 2.05) is 31.3 Å². The van der Waals surface area contributed by atoms with E-state index in [0.717, 1.165) is 28.8 Å². The topological polar surface area (TPSA) is 32.7 Å². The minimum atomic E-state index is 0.289. The molecule has 0 aliphatic carbocycles. The lowest BCUT2D eigenvalue weighted by Gasteiger charge is -2.14. The minimum Gasteiger partial charge on any atom is -0.507 e. The fraction of sp³-hybridized carbons (Fsp3) is 0.333. The molecule has 0 bridgehead atoms. The molecule has 1 aliphatic heterocycles. The van der Waals surface area contributed by atoms with Crippen molar-refractivity contribution in [3.8, 4) is 11.5 Å². The summed E-state index contributed by atoms with van der Waals surface area (Å²) in [6.45, 7) is 0.884. The lowest BCUT2D eigenvalue weighted by molar-refractivity contribution is 0.415. The highest BCUT2D eigenvalue weighted by molar-refractivity contribution is 6.18.